The van der Waals surface area contributed by atoms with Gasteiger partial charge in [0.05, 0.1) is 0 Å². The van der Waals surface area contributed by atoms with Gasteiger partial charge in [0.15, 0.2) is 11.3 Å². The van der Waals surface area contributed by atoms with Gasteiger partial charge in [-0.2, -0.15) is 0 Å². The molecule has 0 amide bonds. The summed E-state index contributed by atoms with van der Waals surface area (Å²) >= 11 is 0. The molecule has 0 aromatic carbocycles. The monoisotopic (exact) mass is 275 g/mol. The van der Waals surface area contributed by atoms with Crippen LogP contribution in [0.1, 0.15) is 73.1 Å². The summed E-state index contributed by atoms with van der Waals surface area (Å²) < 4.78 is 18.1. The van der Waals surface area contributed by atoms with Crippen LogP contribution >= 0.6 is 7.80 Å². The van der Waals surface area contributed by atoms with Crippen LogP contribution < -0.4 is 0 Å². The lowest BCUT2D eigenvalue weighted by atomic mass is 9.97. The Labute approximate surface area is 115 Å². The third-order valence-corrected chi connectivity index (χ3v) is 6.52. The van der Waals surface area contributed by atoms with Crippen molar-refractivity contribution in [1.29, 1.82) is 0 Å². The number of hydrogen-bond acceptors (Lipinski definition) is 2. The first-order chi connectivity index (χ1) is 8.31. The van der Waals surface area contributed by atoms with E-state index in [2.05, 4.69) is 20.8 Å². The van der Waals surface area contributed by atoms with Gasteiger partial charge in [0.25, 0.3) is 0 Å². The summed E-state index contributed by atoms with van der Waals surface area (Å²) in [6.07, 6.45) is 7.54. The molecular formula is C15H32O2P+. The van der Waals surface area contributed by atoms with E-state index in [0.717, 1.165) is 12.8 Å². The molecule has 0 aromatic heterocycles. The summed E-state index contributed by atoms with van der Waals surface area (Å²) in [4.78, 5) is 0. The van der Waals surface area contributed by atoms with Crippen molar-refractivity contribution >= 4 is 7.80 Å². The molecule has 0 N–H and O–H groups in total. The lowest BCUT2D eigenvalue weighted by Gasteiger charge is -2.24. The van der Waals surface area contributed by atoms with Crippen LogP contribution in [0, 0.1) is 0 Å². The zero-order valence-electron chi connectivity index (χ0n) is 13.2. The average Bonchev–Trinajstić information content (AvgIpc) is 2.33. The van der Waals surface area contributed by atoms with Gasteiger partial charge in [0.1, 0.15) is 5.60 Å². The third-order valence-electron chi connectivity index (χ3n) is 3.82. The Hall–Kier alpha value is 0.0600. The zero-order valence-corrected chi connectivity index (χ0v) is 14.1. The van der Waals surface area contributed by atoms with Crippen LogP contribution in [0.2, 0.25) is 0 Å². The second-order valence-electron chi connectivity index (χ2n) is 6.20. The quantitative estimate of drug-likeness (QED) is 0.500. The van der Waals surface area contributed by atoms with Gasteiger partial charge in [0, 0.05) is 7.11 Å². The van der Waals surface area contributed by atoms with E-state index < -0.39 is 7.80 Å². The second kappa shape index (κ2) is 8.27. The van der Waals surface area contributed by atoms with Crippen LogP contribution in [0.15, 0.2) is 0 Å². The van der Waals surface area contributed by atoms with Gasteiger partial charge >= 0.3 is 7.80 Å². The number of rotatable bonds is 10. The number of unbranched alkanes of at least 4 members (excludes halogenated alkanes) is 2. The van der Waals surface area contributed by atoms with E-state index >= 15 is 0 Å². The fourth-order valence-corrected chi connectivity index (χ4v) is 4.11. The van der Waals surface area contributed by atoms with Gasteiger partial charge in [-0.05, 0) is 46.5 Å². The standard InChI is InChI=1S/C15H32O2P/c1-7-9-11-15(5,12-10-8-2)18(16)13-14(3,4)17-6/h7-13H2,1-6H3/q+1. The summed E-state index contributed by atoms with van der Waals surface area (Å²) in [6, 6.07) is 0. The SMILES string of the molecule is CCCCC(C)(CCCC)[P+](=O)CC(C)(C)OC. The normalized spacial score (nSPS) is 13.8. The van der Waals surface area contributed by atoms with Crippen molar-refractivity contribution in [1.82, 2.24) is 0 Å². The fourth-order valence-electron chi connectivity index (χ4n) is 2.09. The summed E-state index contributed by atoms with van der Waals surface area (Å²) in [5, 5.41) is -0.00282. The highest BCUT2D eigenvalue weighted by atomic mass is 31.1. The minimum Gasteiger partial charge on any atom is -0.374 e. The molecule has 1 atom stereocenters. The van der Waals surface area contributed by atoms with E-state index in [1.165, 1.54) is 25.7 Å². The third kappa shape index (κ3) is 6.29. The zero-order chi connectivity index (χ0) is 14.2. The minimum absolute atomic E-state index is 0.00282. The van der Waals surface area contributed by atoms with Crippen molar-refractivity contribution in [3.05, 3.63) is 0 Å². The molecule has 0 saturated carbocycles. The van der Waals surface area contributed by atoms with Crippen LogP contribution in [0.5, 0.6) is 0 Å². The summed E-state index contributed by atoms with van der Waals surface area (Å²) in [6.45, 7) is 10.7. The van der Waals surface area contributed by atoms with Crippen LogP contribution in [0.25, 0.3) is 0 Å². The summed E-state index contributed by atoms with van der Waals surface area (Å²) in [5.41, 5.74) is -0.271. The Kier molecular flexibility index (Phi) is 8.30. The van der Waals surface area contributed by atoms with Crippen LogP contribution in [-0.4, -0.2) is 24.0 Å². The first-order valence-corrected chi connectivity index (χ1v) is 8.75. The molecule has 0 aliphatic rings. The molecule has 18 heavy (non-hydrogen) atoms. The van der Waals surface area contributed by atoms with Crippen LogP contribution in [0.3, 0.4) is 0 Å². The maximum Gasteiger partial charge on any atom is 0.347 e. The highest BCUT2D eigenvalue weighted by molar-refractivity contribution is 7.46. The lowest BCUT2D eigenvalue weighted by molar-refractivity contribution is 0.0422. The molecule has 2 nitrogen and oxygen atoms in total. The van der Waals surface area contributed by atoms with E-state index in [0.29, 0.717) is 6.16 Å². The maximum atomic E-state index is 12.7. The molecule has 0 heterocycles. The molecule has 0 aromatic rings. The van der Waals surface area contributed by atoms with E-state index in [1.54, 1.807) is 7.11 Å². The first kappa shape index (κ1) is 18.1. The molecule has 3 heteroatoms. The molecule has 0 aliphatic carbocycles. The number of hydrogen-bond donors (Lipinski definition) is 0. The predicted octanol–water partition coefficient (Wildman–Crippen LogP) is 5.38. The van der Waals surface area contributed by atoms with Crippen molar-refractivity contribution in [2.75, 3.05) is 13.3 Å². The number of methoxy groups -OCH3 is 1. The van der Waals surface area contributed by atoms with E-state index in [4.69, 9.17) is 4.74 Å². The van der Waals surface area contributed by atoms with E-state index in [-0.39, 0.29) is 10.8 Å². The molecule has 0 spiro atoms. The highest BCUT2D eigenvalue weighted by Gasteiger charge is 2.45. The smallest absolute Gasteiger partial charge is 0.347 e. The van der Waals surface area contributed by atoms with Crippen LogP contribution in [-0.2, 0) is 9.30 Å². The predicted molar refractivity (Wildman–Crippen MR) is 81.0 cm³/mol. The molecule has 108 valence electrons. The minimum atomic E-state index is -1.22. The second-order valence-corrected chi connectivity index (χ2v) is 8.36. The van der Waals surface area contributed by atoms with Gasteiger partial charge in [0.2, 0.25) is 0 Å². The topological polar surface area (TPSA) is 26.3 Å². The molecule has 1 unspecified atom stereocenters. The molecule has 0 aliphatic heterocycles. The Morgan fingerprint density at radius 2 is 1.44 bits per heavy atom. The Morgan fingerprint density at radius 1 is 1.00 bits per heavy atom. The molecular weight excluding hydrogens is 243 g/mol. The van der Waals surface area contributed by atoms with Gasteiger partial charge in [-0.25, -0.2) is 0 Å². The molecule has 0 rings (SSSR count). The number of ether oxygens (including phenoxy) is 1. The Bertz CT molecular complexity index is 241. The molecule has 0 fully saturated rings. The summed E-state index contributed by atoms with van der Waals surface area (Å²) in [7, 11) is 0.489. The van der Waals surface area contributed by atoms with Crippen molar-refractivity contribution in [2.24, 2.45) is 0 Å². The van der Waals surface area contributed by atoms with Gasteiger partial charge in [-0.15, -0.1) is 0 Å². The van der Waals surface area contributed by atoms with Crippen molar-refractivity contribution in [3.63, 3.8) is 0 Å². The van der Waals surface area contributed by atoms with Crippen molar-refractivity contribution in [2.45, 2.75) is 83.9 Å². The van der Waals surface area contributed by atoms with Crippen LogP contribution in [0.4, 0.5) is 0 Å². The first-order valence-electron chi connectivity index (χ1n) is 7.31. The fraction of sp³-hybridized carbons (Fsp3) is 1.00. The lowest BCUT2D eigenvalue weighted by Crippen LogP contribution is -2.30. The van der Waals surface area contributed by atoms with Crippen molar-refractivity contribution in [3.8, 4) is 0 Å². The van der Waals surface area contributed by atoms with Gasteiger partial charge < -0.3 is 4.74 Å². The molecule has 0 radical (unpaired) electrons. The maximum absolute atomic E-state index is 12.7. The molecule has 0 bridgehead atoms. The Balaban J connectivity index is 4.67. The van der Waals surface area contributed by atoms with E-state index in [1.807, 2.05) is 13.8 Å². The van der Waals surface area contributed by atoms with Gasteiger partial charge in [-0.1, -0.05) is 31.3 Å². The highest BCUT2D eigenvalue weighted by Crippen LogP contribution is 2.48. The van der Waals surface area contributed by atoms with E-state index in [9.17, 15) is 4.57 Å². The Morgan fingerprint density at radius 3 is 1.78 bits per heavy atom. The van der Waals surface area contributed by atoms with Crippen molar-refractivity contribution < 1.29 is 9.30 Å². The summed E-state index contributed by atoms with van der Waals surface area (Å²) in [5.74, 6) is 0. The molecule has 0 saturated heterocycles. The van der Waals surface area contributed by atoms with Gasteiger partial charge in [-0.3, -0.25) is 0 Å². The average molecular weight is 275 g/mol. The largest absolute Gasteiger partial charge is 0.374 e.